The largest absolute Gasteiger partial charge is 0.350 e. The van der Waals surface area contributed by atoms with Crippen molar-refractivity contribution in [1.82, 2.24) is 15.0 Å². The summed E-state index contributed by atoms with van der Waals surface area (Å²) in [5.74, 6) is 0. The van der Waals surface area contributed by atoms with Crippen LogP contribution in [0.2, 0.25) is 0 Å². The lowest BCUT2D eigenvalue weighted by molar-refractivity contribution is 1.17. The molecule has 2 aromatic rings. The summed E-state index contributed by atoms with van der Waals surface area (Å²) in [7, 11) is 0. The van der Waals surface area contributed by atoms with Gasteiger partial charge in [0.25, 0.3) is 0 Å². The van der Waals surface area contributed by atoms with Gasteiger partial charge in [0.05, 0.1) is 11.9 Å². The molecule has 0 bridgehead atoms. The second kappa shape index (κ2) is 3.67. The average molecular weight is 203 g/mol. The molecule has 14 heavy (non-hydrogen) atoms. The van der Waals surface area contributed by atoms with Gasteiger partial charge in [-0.15, -0.1) is 0 Å². The highest BCUT2D eigenvalue weighted by atomic mass is 32.1. The van der Waals surface area contributed by atoms with Crippen molar-refractivity contribution in [3.8, 4) is 11.3 Å². The summed E-state index contributed by atoms with van der Waals surface area (Å²) in [4.78, 5) is 11.2. The molecule has 0 spiro atoms. The highest BCUT2D eigenvalue weighted by Gasteiger charge is 2.01. The normalized spacial score (nSPS) is 10.1. The van der Waals surface area contributed by atoms with Crippen LogP contribution in [0.3, 0.4) is 0 Å². The van der Waals surface area contributed by atoms with E-state index in [4.69, 9.17) is 12.2 Å². The van der Waals surface area contributed by atoms with E-state index in [2.05, 4.69) is 15.0 Å². The zero-order valence-corrected chi connectivity index (χ0v) is 8.51. The molecule has 0 fully saturated rings. The van der Waals surface area contributed by atoms with Crippen LogP contribution in [0.5, 0.6) is 0 Å². The van der Waals surface area contributed by atoms with Gasteiger partial charge in [0.15, 0.2) is 0 Å². The molecule has 0 aliphatic heterocycles. The monoisotopic (exact) mass is 203 g/mol. The Morgan fingerprint density at radius 3 is 2.86 bits per heavy atom. The first kappa shape index (κ1) is 9.02. The lowest BCUT2D eigenvalue weighted by Crippen LogP contribution is -1.89. The first-order chi connectivity index (χ1) is 6.77. The molecular formula is C10H9N3S. The van der Waals surface area contributed by atoms with Crippen LogP contribution in [-0.2, 0) is 0 Å². The Balaban J connectivity index is 2.55. The van der Waals surface area contributed by atoms with Crippen molar-refractivity contribution in [1.29, 1.82) is 0 Å². The van der Waals surface area contributed by atoms with E-state index in [1.807, 2.05) is 25.4 Å². The Labute approximate surface area is 86.9 Å². The third kappa shape index (κ3) is 1.70. The Morgan fingerprint density at radius 1 is 1.36 bits per heavy atom. The lowest BCUT2D eigenvalue weighted by atomic mass is 10.1. The van der Waals surface area contributed by atoms with Gasteiger partial charge in [-0.3, -0.25) is 9.97 Å². The second-order valence-corrected chi connectivity index (χ2v) is 3.43. The summed E-state index contributed by atoms with van der Waals surface area (Å²) in [6, 6.07) is 1.94. The highest BCUT2D eigenvalue weighted by molar-refractivity contribution is 7.71. The molecule has 2 aromatic heterocycles. The van der Waals surface area contributed by atoms with E-state index in [-0.39, 0.29) is 0 Å². The Hall–Kier alpha value is -1.55. The maximum Gasteiger partial charge on any atom is 0.121 e. The van der Waals surface area contributed by atoms with Crippen molar-refractivity contribution in [3.05, 3.63) is 41.1 Å². The third-order valence-corrected chi connectivity index (χ3v) is 2.19. The lowest BCUT2D eigenvalue weighted by Gasteiger charge is -2.02. The van der Waals surface area contributed by atoms with Gasteiger partial charge in [-0.05, 0) is 18.6 Å². The molecule has 0 unspecified atom stereocenters. The predicted molar refractivity (Wildman–Crippen MR) is 57.4 cm³/mol. The molecule has 0 aliphatic carbocycles. The van der Waals surface area contributed by atoms with Gasteiger partial charge in [-0.1, -0.05) is 12.2 Å². The summed E-state index contributed by atoms with van der Waals surface area (Å²) < 4.78 is 0.639. The maximum absolute atomic E-state index is 4.92. The number of aromatic amines is 1. The van der Waals surface area contributed by atoms with Crippen LogP contribution in [0.4, 0.5) is 0 Å². The van der Waals surface area contributed by atoms with Crippen LogP contribution in [0.25, 0.3) is 11.3 Å². The topological polar surface area (TPSA) is 41.6 Å². The summed E-state index contributed by atoms with van der Waals surface area (Å²) in [5, 5.41) is 0. The van der Waals surface area contributed by atoms with Crippen molar-refractivity contribution in [2.45, 2.75) is 6.92 Å². The Morgan fingerprint density at radius 2 is 2.21 bits per heavy atom. The van der Waals surface area contributed by atoms with Gasteiger partial charge >= 0.3 is 0 Å². The van der Waals surface area contributed by atoms with Crippen LogP contribution in [-0.4, -0.2) is 15.0 Å². The molecule has 0 saturated carbocycles. The van der Waals surface area contributed by atoms with Gasteiger partial charge in [-0.25, -0.2) is 0 Å². The minimum absolute atomic E-state index is 0.639. The fourth-order valence-electron chi connectivity index (χ4n) is 1.25. The number of aryl methyl sites for hydroxylation is 1. The minimum Gasteiger partial charge on any atom is -0.350 e. The summed E-state index contributed by atoms with van der Waals surface area (Å²) >= 11 is 4.92. The first-order valence-corrected chi connectivity index (χ1v) is 4.64. The molecule has 4 heteroatoms. The fourth-order valence-corrected chi connectivity index (χ4v) is 1.36. The zero-order valence-electron chi connectivity index (χ0n) is 7.69. The molecular weight excluding hydrogens is 194 g/mol. The molecule has 2 heterocycles. The average Bonchev–Trinajstić information content (AvgIpc) is 2.20. The highest BCUT2D eigenvalue weighted by Crippen LogP contribution is 2.18. The van der Waals surface area contributed by atoms with Gasteiger partial charge in [-0.2, -0.15) is 0 Å². The predicted octanol–water partition coefficient (Wildman–Crippen LogP) is 2.51. The standard InChI is InChI=1S/C10H9N3S/c1-7-4-11-3-2-8(7)9-5-13-10(14)6-12-9/h2-6H,1H3,(H,13,14). The van der Waals surface area contributed by atoms with E-state index >= 15 is 0 Å². The molecule has 0 aromatic carbocycles. The van der Waals surface area contributed by atoms with E-state index in [0.717, 1.165) is 16.8 Å². The molecule has 3 nitrogen and oxygen atoms in total. The number of nitrogens with one attached hydrogen (secondary N) is 1. The number of rotatable bonds is 1. The smallest absolute Gasteiger partial charge is 0.121 e. The van der Waals surface area contributed by atoms with E-state index in [1.165, 1.54) is 0 Å². The minimum atomic E-state index is 0.639. The van der Waals surface area contributed by atoms with Gasteiger partial charge < -0.3 is 4.98 Å². The number of H-pyrrole nitrogens is 1. The van der Waals surface area contributed by atoms with Gasteiger partial charge in [0.2, 0.25) is 0 Å². The number of hydrogen-bond donors (Lipinski definition) is 1. The molecule has 0 saturated heterocycles. The van der Waals surface area contributed by atoms with Crippen LogP contribution < -0.4 is 0 Å². The summed E-state index contributed by atoms with van der Waals surface area (Å²) in [6.07, 6.45) is 7.03. The third-order valence-electron chi connectivity index (χ3n) is 1.97. The van der Waals surface area contributed by atoms with Gasteiger partial charge in [0.1, 0.15) is 4.64 Å². The molecule has 2 rings (SSSR count). The summed E-state index contributed by atoms with van der Waals surface area (Å²) in [5.41, 5.74) is 3.07. The number of aromatic nitrogens is 3. The second-order valence-electron chi connectivity index (χ2n) is 2.99. The van der Waals surface area contributed by atoms with E-state index in [0.29, 0.717) is 4.64 Å². The molecule has 1 N–H and O–H groups in total. The van der Waals surface area contributed by atoms with Crippen molar-refractivity contribution in [3.63, 3.8) is 0 Å². The Kier molecular flexibility index (Phi) is 2.37. The van der Waals surface area contributed by atoms with Crippen molar-refractivity contribution >= 4 is 12.2 Å². The zero-order chi connectivity index (χ0) is 9.97. The molecule has 0 atom stereocenters. The van der Waals surface area contributed by atoms with E-state index in [9.17, 15) is 0 Å². The number of hydrogen-bond acceptors (Lipinski definition) is 3. The summed E-state index contributed by atoms with van der Waals surface area (Å²) in [6.45, 7) is 2.01. The quantitative estimate of drug-likeness (QED) is 0.724. The van der Waals surface area contributed by atoms with Gasteiger partial charge in [0, 0.05) is 24.2 Å². The van der Waals surface area contributed by atoms with E-state index < -0.39 is 0 Å². The molecule has 0 aliphatic rings. The molecule has 70 valence electrons. The van der Waals surface area contributed by atoms with Crippen molar-refractivity contribution in [2.24, 2.45) is 0 Å². The van der Waals surface area contributed by atoms with Crippen LogP contribution in [0.1, 0.15) is 5.56 Å². The molecule has 0 amide bonds. The molecule has 0 radical (unpaired) electrons. The maximum atomic E-state index is 4.92. The Bertz CT molecular complexity index is 484. The fraction of sp³-hybridized carbons (Fsp3) is 0.100. The number of pyridine rings is 1. The van der Waals surface area contributed by atoms with Crippen LogP contribution in [0, 0.1) is 11.6 Å². The van der Waals surface area contributed by atoms with E-state index in [1.54, 1.807) is 12.4 Å². The SMILES string of the molecule is Cc1cnccc1-c1c[nH]c(=S)cn1. The first-order valence-electron chi connectivity index (χ1n) is 4.23. The van der Waals surface area contributed by atoms with Crippen LogP contribution in [0.15, 0.2) is 30.9 Å². The van der Waals surface area contributed by atoms with Crippen molar-refractivity contribution < 1.29 is 0 Å². The van der Waals surface area contributed by atoms with Crippen LogP contribution >= 0.6 is 12.2 Å². The van der Waals surface area contributed by atoms with Crippen molar-refractivity contribution in [2.75, 3.05) is 0 Å². The number of nitrogens with zero attached hydrogens (tertiary/aromatic N) is 2.